The predicted molar refractivity (Wildman–Crippen MR) is 76.9 cm³/mol. The Balaban J connectivity index is 2.25. The van der Waals surface area contributed by atoms with Crippen LogP contribution < -0.4 is 0 Å². The number of rotatable bonds is 3. The Labute approximate surface area is 122 Å². The Morgan fingerprint density at radius 3 is 2.56 bits per heavy atom. The molecule has 1 N–H and O–H groups in total. The van der Waals surface area contributed by atoms with Crippen molar-refractivity contribution in [3.05, 3.63) is 68.4 Å². The standard InChI is InChI=1S/C14H11Br2FO/c15-10-5-6-12(16)11(8-10)14(18)7-9-3-1-2-4-13(9)17/h1-6,8,14,18H,7H2. The topological polar surface area (TPSA) is 20.2 Å². The summed E-state index contributed by atoms with van der Waals surface area (Å²) in [5, 5.41) is 10.2. The van der Waals surface area contributed by atoms with E-state index in [-0.39, 0.29) is 12.2 Å². The van der Waals surface area contributed by atoms with Gasteiger partial charge in [0, 0.05) is 15.4 Å². The highest BCUT2D eigenvalue weighted by molar-refractivity contribution is 9.11. The molecule has 0 aliphatic rings. The fourth-order valence-corrected chi connectivity index (χ4v) is 2.64. The molecule has 2 aromatic rings. The van der Waals surface area contributed by atoms with E-state index in [4.69, 9.17) is 0 Å². The maximum Gasteiger partial charge on any atom is 0.126 e. The summed E-state index contributed by atoms with van der Waals surface area (Å²) in [6, 6.07) is 12.0. The fourth-order valence-electron chi connectivity index (χ4n) is 1.75. The molecule has 0 fully saturated rings. The molecular formula is C14H11Br2FO. The minimum absolute atomic E-state index is 0.252. The SMILES string of the molecule is OC(Cc1ccccc1F)c1cc(Br)ccc1Br. The van der Waals surface area contributed by atoms with Gasteiger partial charge in [-0.15, -0.1) is 0 Å². The van der Waals surface area contributed by atoms with E-state index in [0.717, 1.165) is 14.5 Å². The predicted octanol–water partition coefficient (Wildman–Crippen LogP) is 4.63. The molecule has 94 valence electrons. The highest BCUT2D eigenvalue weighted by atomic mass is 79.9. The molecule has 0 radical (unpaired) electrons. The third-order valence-electron chi connectivity index (χ3n) is 2.69. The summed E-state index contributed by atoms with van der Waals surface area (Å²) < 4.78 is 15.2. The summed E-state index contributed by atoms with van der Waals surface area (Å²) in [7, 11) is 0. The van der Waals surface area contributed by atoms with Crippen molar-refractivity contribution >= 4 is 31.9 Å². The van der Waals surface area contributed by atoms with Crippen LogP contribution in [0.1, 0.15) is 17.2 Å². The highest BCUT2D eigenvalue weighted by Crippen LogP contribution is 2.29. The van der Waals surface area contributed by atoms with Crippen molar-refractivity contribution < 1.29 is 9.50 Å². The van der Waals surface area contributed by atoms with Crippen LogP contribution in [-0.2, 0) is 6.42 Å². The number of halogens is 3. The van der Waals surface area contributed by atoms with Crippen LogP contribution >= 0.6 is 31.9 Å². The van der Waals surface area contributed by atoms with Crippen LogP contribution in [-0.4, -0.2) is 5.11 Å². The number of hydrogen-bond donors (Lipinski definition) is 1. The third-order valence-corrected chi connectivity index (χ3v) is 3.90. The molecule has 0 aromatic heterocycles. The summed E-state index contributed by atoms with van der Waals surface area (Å²) in [4.78, 5) is 0. The van der Waals surface area contributed by atoms with Gasteiger partial charge in [-0.3, -0.25) is 0 Å². The van der Waals surface area contributed by atoms with E-state index in [1.165, 1.54) is 6.07 Å². The molecule has 0 aliphatic heterocycles. The lowest BCUT2D eigenvalue weighted by Crippen LogP contribution is -2.04. The molecular weight excluding hydrogens is 363 g/mol. The van der Waals surface area contributed by atoms with Gasteiger partial charge in [-0.25, -0.2) is 4.39 Å². The average Bonchev–Trinajstić information content (AvgIpc) is 2.35. The molecule has 0 heterocycles. The Hall–Kier alpha value is -0.710. The van der Waals surface area contributed by atoms with Crippen LogP contribution in [0.2, 0.25) is 0 Å². The van der Waals surface area contributed by atoms with Crippen molar-refractivity contribution in [3.8, 4) is 0 Å². The molecule has 1 atom stereocenters. The quantitative estimate of drug-likeness (QED) is 0.831. The monoisotopic (exact) mass is 372 g/mol. The Morgan fingerprint density at radius 2 is 1.83 bits per heavy atom. The number of hydrogen-bond acceptors (Lipinski definition) is 1. The smallest absolute Gasteiger partial charge is 0.126 e. The normalized spacial score (nSPS) is 12.4. The maximum absolute atomic E-state index is 13.5. The van der Waals surface area contributed by atoms with E-state index in [9.17, 15) is 9.50 Å². The van der Waals surface area contributed by atoms with Crippen molar-refractivity contribution in [1.82, 2.24) is 0 Å². The van der Waals surface area contributed by atoms with Crippen molar-refractivity contribution in [3.63, 3.8) is 0 Å². The van der Waals surface area contributed by atoms with Gasteiger partial charge in [-0.1, -0.05) is 50.1 Å². The van der Waals surface area contributed by atoms with Gasteiger partial charge in [-0.2, -0.15) is 0 Å². The van der Waals surface area contributed by atoms with Gasteiger partial charge in [0.25, 0.3) is 0 Å². The lowest BCUT2D eigenvalue weighted by molar-refractivity contribution is 0.176. The number of aliphatic hydroxyl groups is 1. The Kier molecular flexibility index (Phi) is 4.54. The summed E-state index contributed by atoms with van der Waals surface area (Å²) in [5.74, 6) is -0.289. The van der Waals surface area contributed by atoms with E-state index in [1.54, 1.807) is 18.2 Å². The van der Waals surface area contributed by atoms with Crippen LogP contribution in [0.25, 0.3) is 0 Å². The molecule has 0 amide bonds. The molecule has 1 nitrogen and oxygen atoms in total. The van der Waals surface area contributed by atoms with E-state index in [2.05, 4.69) is 31.9 Å². The zero-order chi connectivity index (χ0) is 13.1. The van der Waals surface area contributed by atoms with Crippen molar-refractivity contribution in [2.45, 2.75) is 12.5 Å². The van der Waals surface area contributed by atoms with Crippen LogP contribution in [0.5, 0.6) is 0 Å². The summed E-state index contributed by atoms with van der Waals surface area (Å²) >= 11 is 6.75. The molecule has 0 aliphatic carbocycles. The Bertz CT molecular complexity index is 557. The molecule has 2 aromatic carbocycles. The van der Waals surface area contributed by atoms with Crippen LogP contribution in [0, 0.1) is 5.82 Å². The Morgan fingerprint density at radius 1 is 1.11 bits per heavy atom. The number of benzene rings is 2. The van der Waals surface area contributed by atoms with Gasteiger partial charge < -0.3 is 5.11 Å². The van der Waals surface area contributed by atoms with Gasteiger partial charge in [0.05, 0.1) is 6.10 Å². The summed E-state index contributed by atoms with van der Waals surface area (Å²) in [6.07, 6.45) is -0.490. The van der Waals surface area contributed by atoms with Crippen molar-refractivity contribution in [1.29, 1.82) is 0 Å². The minimum Gasteiger partial charge on any atom is -0.388 e. The number of aliphatic hydroxyl groups excluding tert-OH is 1. The first-order chi connectivity index (χ1) is 8.58. The molecule has 0 saturated heterocycles. The second-order valence-corrected chi connectivity index (χ2v) is 5.75. The average molecular weight is 374 g/mol. The minimum atomic E-state index is -0.742. The zero-order valence-corrected chi connectivity index (χ0v) is 12.6. The van der Waals surface area contributed by atoms with Crippen LogP contribution in [0.15, 0.2) is 51.4 Å². The summed E-state index contributed by atoms with van der Waals surface area (Å²) in [6.45, 7) is 0. The lowest BCUT2D eigenvalue weighted by atomic mass is 10.0. The second kappa shape index (κ2) is 5.95. The molecule has 2 rings (SSSR count). The summed E-state index contributed by atoms with van der Waals surface area (Å²) in [5.41, 5.74) is 1.25. The van der Waals surface area contributed by atoms with E-state index < -0.39 is 6.10 Å². The molecule has 4 heteroatoms. The first-order valence-electron chi connectivity index (χ1n) is 5.44. The fraction of sp³-hybridized carbons (Fsp3) is 0.143. The second-order valence-electron chi connectivity index (χ2n) is 3.98. The first-order valence-corrected chi connectivity index (χ1v) is 7.03. The largest absolute Gasteiger partial charge is 0.388 e. The highest BCUT2D eigenvalue weighted by Gasteiger charge is 2.14. The van der Waals surface area contributed by atoms with Gasteiger partial charge in [0.1, 0.15) is 5.82 Å². The molecule has 0 saturated carbocycles. The van der Waals surface area contributed by atoms with Crippen molar-refractivity contribution in [2.75, 3.05) is 0 Å². The zero-order valence-electron chi connectivity index (χ0n) is 9.41. The lowest BCUT2D eigenvalue weighted by Gasteiger charge is -2.14. The van der Waals surface area contributed by atoms with E-state index in [0.29, 0.717) is 5.56 Å². The molecule has 18 heavy (non-hydrogen) atoms. The third kappa shape index (κ3) is 3.19. The van der Waals surface area contributed by atoms with E-state index >= 15 is 0 Å². The maximum atomic E-state index is 13.5. The van der Waals surface area contributed by atoms with Crippen LogP contribution in [0.3, 0.4) is 0 Å². The van der Waals surface area contributed by atoms with Gasteiger partial charge >= 0.3 is 0 Å². The molecule has 0 spiro atoms. The van der Waals surface area contributed by atoms with Crippen molar-refractivity contribution in [2.24, 2.45) is 0 Å². The van der Waals surface area contributed by atoms with Gasteiger partial charge in [-0.05, 0) is 35.4 Å². The van der Waals surface area contributed by atoms with Gasteiger partial charge in [0.15, 0.2) is 0 Å². The van der Waals surface area contributed by atoms with E-state index in [1.807, 2.05) is 18.2 Å². The van der Waals surface area contributed by atoms with Gasteiger partial charge in [0.2, 0.25) is 0 Å². The van der Waals surface area contributed by atoms with Crippen LogP contribution in [0.4, 0.5) is 4.39 Å². The molecule has 0 bridgehead atoms. The molecule has 1 unspecified atom stereocenters. The first kappa shape index (κ1) is 13.7.